The van der Waals surface area contributed by atoms with Gasteiger partial charge in [0.1, 0.15) is 18.1 Å². The first-order chi connectivity index (χ1) is 25.1. The number of carbonyl (C=O) groups excluding carboxylic acids is 2. The maximum atomic E-state index is 12.3. The molecule has 0 aliphatic rings. The van der Waals surface area contributed by atoms with Gasteiger partial charge >= 0.3 is 17.9 Å². The van der Waals surface area contributed by atoms with Gasteiger partial charge in [-0.3, -0.25) is 14.4 Å². The van der Waals surface area contributed by atoms with Crippen LogP contribution in [0.1, 0.15) is 187 Å². The number of unbranched alkanes of at least 4 members (excludes halogenated alkanes) is 17. The second-order valence-corrected chi connectivity index (χ2v) is 14.4. The molecule has 0 heterocycles. The van der Waals surface area contributed by atoms with Gasteiger partial charge in [0, 0.05) is 12.8 Å². The Morgan fingerprint density at radius 1 is 0.404 bits per heavy atom. The number of hydrogen-bond acceptors (Lipinski definition) is 7. The number of aliphatic carboxylic acids is 3. The first-order valence-electron chi connectivity index (χ1n) is 20.8. The topological polar surface area (TPSA) is 194 Å². The van der Waals surface area contributed by atoms with Gasteiger partial charge < -0.3 is 36.6 Å². The van der Waals surface area contributed by atoms with E-state index < -0.39 is 36.0 Å². The molecule has 0 aliphatic carbocycles. The summed E-state index contributed by atoms with van der Waals surface area (Å²) in [5, 5.41) is 40.2. The zero-order chi connectivity index (χ0) is 38.7. The van der Waals surface area contributed by atoms with Crippen molar-refractivity contribution in [2.75, 3.05) is 19.6 Å². The van der Waals surface area contributed by atoms with Gasteiger partial charge in [0.15, 0.2) is 0 Å². The summed E-state index contributed by atoms with van der Waals surface area (Å²) in [7, 11) is 0. The molecule has 3 unspecified atom stereocenters. The van der Waals surface area contributed by atoms with Crippen molar-refractivity contribution in [2.24, 2.45) is 0 Å². The minimum Gasteiger partial charge on any atom is -0.480 e. The lowest BCUT2D eigenvalue weighted by Gasteiger charge is -2.17. The first kappa shape index (κ1) is 49.3. The van der Waals surface area contributed by atoms with Crippen molar-refractivity contribution in [3.05, 3.63) is 0 Å². The zero-order valence-electron chi connectivity index (χ0n) is 32.8. The van der Waals surface area contributed by atoms with Crippen LogP contribution >= 0.6 is 0 Å². The minimum atomic E-state index is -1.09. The summed E-state index contributed by atoms with van der Waals surface area (Å²) in [5.74, 6) is -3.54. The molecule has 52 heavy (non-hydrogen) atoms. The molecule has 0 rings (SSSR count). The van der Waals surface area contributed by atoms with Crippen molar-refractivity contribution in [1.82, 2.24) is 21.3 Å². The van der Waals surface area contributed by atoms with E-state index in [9.17, 15) is 39.3 Å². The van der Waals surface area contributed by atoms with Crippen molar-refractivity contribution in [2.45, 2.75) is 205 Å². The molecule has 0 aromatic rings. The van der Waals surface area contributed by atoms with Crippen LogP contribution in [0.15, 0.2) is 0 Å². The number of rotatable bonds is 39. The highest BCUT2D eigenvalue weighted by Gasteiger charge is 2.21. The summed E-state index contributed by atoms with van der Waals surface area (Å²) in [6.45, 7) is 5.99. The highest BCUT2D eigenvalue weighted by atomic mass is 16.4. The Kier molecular flexibility index (Phi) is 33.5. The molecule has 0 fully saturated rings. The van der Waals surface area contributed by atoms with E-state index in [0.717, 1.165) is 44.9 Å². The van der Waals surface area contributed by atoms with Gasteiger partial charge in [-0.1, -0.05) is 123 Å². The van der Waals surface area contributed by atoms with Crippen LogP contribution in [0.5, 0.6) is 0 Å². The average Bonchev–Trinajstić information content (AvgIpc) is 3.10. The summed E-state index contributed by atoms with van der Waals surface area (Å²) < 4.78 is 0. The number of hydrogen-bond donors (Lipinski definition) is 7. The molecular weight excluding hydrogens is 664 g/mol. The highest BCUT2D eigenvalue weighted by Crippen LogP contribution is 2.12. The Morgan fingerprint density at radius 3 is 1.15 bits per heavy atom. The quantitative estimate of drug-likeness (QED) is 0.0314. The van der Waals surface area contributed by atoms with Crippen molar-refractivity contribution in [3.63, 3.8) is 0 Å². The summed E-state index contributed by atoms with van der Waals surface area (Å²) in [5.41, 5.74) is 0. The van der Waals surface area contributed by atoms with Crippen molar-refractivity contribution in [1.29, 1.82) is 0 Å². The third-order valence-electron chi connectivity index (χ3n) is 9.58. The molecule has 12 nitrogen and oxygen atoms in total. The average molecular weight is 741 g/mol. The fourth-order valence-corrected chi connectivity index (χ4v) is 6.29. The fraction of sp³-hybridized carbons (Fsp3) is 0.875. The number of amides is 2. The van der Waals surface area contributed by atoms with Crippen LogP contribution in [0.25, 0.3) is 0 Å². The molecule has 0 radical (unpaired) electrons. The fourth-order valence-electron chi connectivity index (χ4n) is 6.29. The molecular formula is C40H76N4O8. The van der Waals surface area contributed by atoms with Crippen molar-refractivity contribution < 1.29 is 39.3 Å². The third-order valence-corrected chi connectivity index (χ3v) is 9.58. The predicted molar refractivity (Wildman–Crippen MR) is 207 cm³/mol. The van der Waals surface area contributed by atoms with Crippen LogP contribution in [-0.4, -0.2) is 82.8 Å². The van der Waals surface area contributed by atoms with E-state index >= 15 is 0 Å². The van der Waals surface area contributed by atoms with E-state index in [0.29, 0.717) is 64.6 Å². The number of carboxylic acid groups (broad SMARTS) is 3. The van der Waals surface area contributed by atoms with Crippen LogP contribution in [0, 0.1) is 0 Å². The van der Waals surface area contributed by atoms with Gasteiger partial charge in [0.05, 0.1) is 0 Å². The number of carbonyl (C=O) groups is 5. The third kappa shape index (κ3) is 30.9. The zero-order valence-corrected chi connectivity index (χ0v) is 32.8. The predicted octanol–water partition coefficient (Wildman–Crippen LogP) is 7.33. The molecule has 3 atom stereocenters. The van der Waals surface area contributed by atoms with Crippen molar-refractivity contribution >= 4 is 29.7 Å². The summed E-state index contributed by atoms with van der Waals surface area (Å²) in [6.07, 6.45) is 24.7. The van der Waals surface area contributed by atoms with Crippen LogP contribution in [0.2, 0.25) is 0 Å². The monoisotopic (exact) mass is 741 g/mol. The Balaban J connectivity index is 4.07. The molecule has 0 aromatic heterocycles. The summed E-state index contributed by atoms with van der Waals surface area (Å²) in [4.78, 5) is 59.6. The molecule has 2 amide bonds. The van der Waals surface area contributed by atoms with E-state index in [1.807, 2.05) is 0 Å². The summed E-state index contributed by atoms with van der Waals surface area (Å²) in [6, 6.07) is -2.64. The minimum absolute atomic E-state index is 0.210. The maximum absolute atomic E-state index is 12.3. The lowest BCUT2D eigenvalue weighted by atomic mass is 10.1. The van der Waals surface area contributed by atoms with Gasteiger partial charge in [-0.2, -0.15) is 0 Å². The Hall–Kier alpha value is -2.73. The summed E-state index contributed by atoms with van der Waals surface area (Å²) >= 11 is 0. The molecule has 0 saturated carbocycles. The van der Waals surface area contributed by atoms with Gasteiger partial charge in [0.25, 0.3) is 0 Å². The second-order valence-electron chi connectivity index (χ2n) is 14.4. The normalized spacial score (nSPS) is 13.0. The lowest BCUT2D eigenvalue weighted by Crippen LogP contribution is -2.42. The Labute approximate surface area is 314 Å². The Morgan fingerprint density at radius 2 is 0.750 bits per heavy atom. The molecule has 0 aliphatic heterocycles. The molecule has 7 N–H and O–H groups in total. The molecule has 0 aromatic carbocycles. The van der Waals surface area contributed by atoms with Gasteiger partial charge in [-0.15, -0.1) is 0 Å². The maximum Gasteiger partial charge on any atom is 0.326 e. The molecule has 304 valence electrons. The first-order valence-corrected chi connectivity index (χ1v) is 20.8. The van der Waals surface area contributed by atoms with Gasteiger partial charge in [0.2, 0.25) is 11.8 Å². The highest BCUT2D eigenvalue weighted by molar-refractivity contribution is 5.84. The number of carboxylic acids is 3. The largest absolute Gasteiger partial charge is 0.480 e. The Bertz CT molecular complexity index is 935. The standard InChI is InChI=1S/C40H76N4O8/c1-3-5-7-9-11-13-15-17-19-28-36(45)43-34(39(49)50)26-23-31-41-30-22-21-25-33(38(47)48)42-32-24-27-35(40(51)52)44-37(46)29-20-18-16-14-12-10-8-6-4-2/h33-35,41-42H,3-32H2,1-2H3,(H,43,45)(H,44,46)(H,47,48)(H,49,50)(H,51,52). The van der Waals surface area contributed by atoms with Gasteiger partial charge in [-0.05, 0) is 71.0 Å². The van der Waals surface area contributed by atoms with Crippen LogP contribution in [0.3, 0.4) is 0 Å². The molecule has 0 saturated heterocycles. The van der Waals surface area contributed by atoms with Crippen LogP contribution in [0.4, 0.5) is 0 Å². The van der Waals surface area contributed by atoms with E-state index in [1.165, 1.54) is 77.0 Å². The lowest BCUT2D eigenvalue weighted by molar-refractivity contribution is -0.142. The molecule has 12 heteroatoms. The smallest absolute Gasteiger partial charge is 0.326 e. The van der Waals surface area contributed by atoms with E-state index in [-0.39, 0.29) is 18.2 Å². The van der Waals surface area contributed by atoms with Crippen LogP contribution in [-0.2, 0) is 24.0 Å². The number of nitrogens with one attached hydrogen (secondary N) is 4. The second kappa shape index (κ2) is 35.3. The van der Waals surface area contributed by atoms with Crippen LogP contribution < -0.4 is 21.3 Å². The molecule has 0 spiro atoms. The molecule has 0 bridgehead atoms. The SMILES string of the molecule is CCCCCCCCCCCC(=O)NC(CCCNCCCCC(NCCCC(NC(=O)CCCCCCCCCCC)C(=O)O)C(=O)O)C(=O)O. The van der Waals surface area contributed by atoms with Gasteiger partial charge in [-0.25, -0.2) is 9.59 Å². The van der Waals surface area contributed by atoms with E-state index in [4.69, 9.17) is 0 Å². The van der Waals surface area contributed by atoms with E-state index in [1.54, 1.807) is 0 Å². The van der Waals surface area contributed by atoms with Crippen molar-refractivity contribution in [3.8, 4) is 0 Å². The van der Waals surface area contributed by atoms with E-state index in [2.05, 4.69) is 35.1 Å².